The average Bonchev–Trinajstić information content (AvgIpc) is 2.61. The Bertz CT molecular complexity index is 318. The second-order valence-electron chi connectivity index (χ2n) is 5.26. The smallest absolute Gasteiger partial charge is 0.209 e. The highest BCUT2D eigenvalue weighted by Gasteiger charge is 2.45. The maximum Gasteiger partial charge on any atom is 0.209 e. The fraction of sp³-hybridized carbons (Fsp3) is 0.846. The first-order valence-corrected chi connectivity index (χ1v) is 6.75. The minimum absolute atomic E-state index is 0.0206. The molecule has 2 rings (SSSR count). The number of hydrogen-bond donors (Lipinski definition) is 1. The highest BCUT2D eigenvalue weighted by atomic mass is 16.6. The van der Waals surface area contributed by atoms with Gasteiger partial charge in [-0.1, -0.05) is 12.2 Å². The summed E-state index contributed by atoms with van der Waals surface area (Å²) in [5.41, 5.74) is 0. The van der Waals surface area contributed by atoms with Crippen molar-refractivity contribution in [1.82, 2.24) is 0 Å². The van der Waals surface area contributed by atoms with Crippen molar-refractivity contribution in [2.45, 2.75) is 44.3 Å². The molecule has 2 aliphatic rings. The largest absolute Gasteiger partial charge is 0.392 e. The van der Waals surface area contributed by atoms with Gasteiger partial charge in [-0.15, -0.1) is 0 Å². The first-order chi connectivity index (χ1) is 8.68. The number of nitrogens with zero attached hydrogens (tertiary/aromatic N) is 1. The first-order valence-electron chi connectivity index (χ1n) is 6.75. The Morgan fingerprint density at radius 3 is 3.00 bits per heavy atom. The molecular weight excluding hydrogens is 234 g/mol. The van der Waals surface area contributed by atoms with E-state index in [0.29, 0.717) is 13.0 Å². The topological polar surface area (TPSA) is 72.6 Å². The van der Waals surface area contributed by atoms with E-state index in [1.807, 2.05) is 0 Å². The molecule has 18 heavy (non-hydrogen) atoms. The SMILES string of the molecule is O=[N+]([O-])C[C@@H]1[C@H]2C/C=C\CCCCO[C@H]2C[C@H]1O. The van der Waals surface area contributed by atoms with Gasteiger partial charge in [0.25, 0.3) is 0 Å². The molecule has 0 unspecified atom stereocenters. The summed E-state index contributed by atoms with van der Waals surface area (Å²) in [5, 5.41) is 20.7. The molecule has 0 amide bonds. The lowest BCUT2D eigenvalue weighted by Crippen LogP contribution is -2.29. The number of aliphatic hydroxyl groups excluding tert-OH is 1. The number of allylic oxidation sites excluding steroid dienone is 2. The van der Waals surface area contributed by atoms with Crippen molar-refractivity contribution < 1.29 is 14.8 Å². The van der Waals surface area contributed by atoms with E-state index in [9.17, 15) is 15.2 Å². The van der Waals surface area contributed by atoms with Crippen LogP contribution in [0.2, 0.25) is 0 Å². The van der Waals surface area contributed by atoms with E-state index in [1.165, 1.54) is 0 Å². The van der Waals surface area contributed by atoms with Crippen LogP contribution in [0.5, 0.6) is 0 Å². The van der Waals surface area contributed by atoms with E-state index < -0.39 is 6.10 Å². The van der Waals surface area contributed by atoms with Crippen LogP contribution in [0.1, 0.15) is 32.1 Å². The van der Waals surface area contributed by atoms with Gasteiger partial charge in [-0.3, -0.25) is 10.1 Å². The van der Waals surface area contributed by atoms with Crippen molar-refractivity contribution in [3.05, 3.63) is 22.3 Å². The Morgan fingerprint density at radius 1 is 1.39 bits per heavy atom. The maximum absolute atomic E-state index is 10.7. The normalized spacial score (nSPS) is 38.9. The van der Waals surface area contributed by atoms with Crippen molar-refractivity contribution in [3.63, 3.8) is 0 Å². The third-order valence-electron chi connectivity index (χ3n) is 4.03. The molecule has 1 aliphatic carbocycles. The Morgan fingerprint density at radius 2 is 2.22 bits per heavy atom. The Labute approximate surface area is 107 Å². The fourth-order valence-electron chi connectivity index (χ4n) is 3.07. The van der Waals surface area contributed by atoms with Crippen molar-refractivity contribution in [2.24, 2.45) is 11.8 Å². The molecule has 0 spiro atoms. The summed E-state index contributed by atoms with van der Waals surface area (Å²) in [5.74, 6) is -0.186. The molecule has 0 radical (unpaired) electrons. The molecule has 1 fully saturated rings. The Balaban J connectivity index is 2.07. The lowest BCUT2D eigenvalue weighted by Gasteiger charge is -2.22. The van der Waals surface area contributed by atoms with Gasteiger partial charge < -0.3 is 9.84 Å². The van der Waals surface area contributed by atoms with E-state index in [2.05, 4.69) is 12.2 Å². The monoisotopic (exact) mass is 255 g/mol. The van der Waals surface area contributed by atoms with Gasteiger partial charge in [-0.2, -0.15) is 0 Å². The van der Waals surface area contributed by atoms with Crippen molar-refractivity contribution in [2.75, 3.05) is 13.2 Å². The number of ether oxygens (including phenoxy) is 1. The summed E-state index contributed by atoms with van der Waals surface area (Å²) < 4.78 is 5.81. The molecule has 4 atom stereocenters. The minimum Gasteiger partial charge on any atom is -0.392 e. The molecule has 0 aromatic carbocycles. The molecule has 1 heterocycles. The number of rotatable bonds is 2. The van der Waals surface area contributed by atoms with Crippen LogP contribution in [0.25, 0.3) is 0 Å². The number of hydrogen-bond acceptors (Lipinski definition) is 4. The van der Waals surface area contributed by atoms with Crippen LogP contribution in [0, 0.1) is 22.0 Å². The van der Waals surface area contributed by atoms with Gasteiger partial charge in [0.1, 0.15) is 0 Å². The molecule has 1 aliphatic heterocycles. The molecule has 1 N–H and O–H groups in total. The summed E-state index contributed by atoms with van der Waals surface area (Å²) in [6.07, 6.45) is 8.12. The van der Waals surface area contributed by atoms with Gasteiger partial charge in [0.05, 0.1) is 18.1 Å². The molecule has 0 bridgehead atoms. The molecule has 0 aromatic heterocycles. The average molecular weight is 255 g/mol. The quantitative estimate of drug-likeness (QED) is 0.463. The highest BCUT2D eigenvalue weighted by Crippen LogP contribution is 2.37. The zero-order chi connectivity index (χ0) is 13.0. The molecular formula is C13H21NO4. The lowest BCUT2D eigenvalue weighted by molar-refractivity contribution is -0.491. The van der Waals surface area contributed by atoms with Crippen LogP contribution in [0.15, 0.2) is 12.2 Å². The molecule has 102 valence electrons. The Hall–Kier alpha value is -0.940. The molecule has 1 saturated carbocycles. The Kier molecular flexibility index (Phi) is 4.72. The predicted molar refractivity (Wildman–Crippen MR) is 66.8 cm³/mol. The van der Waals surface area contributed by atoms with Gasteiger partial charge in [-0.05, 0) is 25.7 Å². The van der Waals surface area contributed by atoms with E-state index in [-0.39, 0.29) is 29.4 Å². The summed E-state index contributed by atoms with van der Waals surface area (Å²) in [6.45, 7) is 0.548. The predicted octanol–water partition coefficient (Wildman–Crippen LogP) is 1.78. The third kappa shape index (κ3) is 3.29. The maximum atomic E-state index is 10.7. The van der Waals surface area contributed by atoms with Crippen LogP contribution in [-0.2, 0) is 4.74 Å². The first kappa shape index (κ1) is 13.5. The zero-order valence-corrected chi connectivity index (χ0v) is 10.5. The van der Waals surface area contributed by atoms with E-state index in [0.717, 1.165) is 25.7 Å². The van der Waals surface area contributed by atoms with Crippen LogP contribution in [0.3, 0.4) is 0 Å². The summed E-state index contributed by atoms with van der Waals surface area (Å²) in [6, 6.07) is 0. The molecule has 0 aromatic rings. The van der Waals surface area contributed by atoms with E-state index >= 15 is 0 Å². The molecule has 5 nitrogen and oxygen atoms in total. The molecule has 0 saturated heterocycles. The number of aliphatic hydroxyl groups is 1. The van der Waals surface area contributed by atoms with Crippen LogP contribution in [0.4, 0.5) is 0 Å². The van der Waals surface area contributed by atoms with Crippen molar-refractivity contribution in [3.8, 4) is 0 Å². The van der Waals surface area contributed by atoms with Crippen molar-refractivity contribution in [1.29, 1.82) is 0 Å². The molecule has 5 heteroatoms. The van der Waals surface area contributed by atoms with Crippen molar-refractivity contribution >= 4 is 0 Å². The fourth-order valence-corrected chi connectivity index (χ4v) is 3.07. The standard InChI is InChI=1S/C13H21NO4/c15-12-8-13-10(11(12)9-14(16)17)6-4-2-1-3-5-7-18-13/h2,4,10-13,15H,1,3,5-9H2/b4-2-/t10-,11-,12-,13+/m1/s1. The summed E-state index contributed by atoms with van der Waals surface area (Å²) in [7, 11) is 0. The second kappa shape index (κ2) is 6.29. The highest BCUT2D eigenvalue weighted by molar-refractivity contribution is 4.97. The van der Waals surface area contributed by atoms with Gasteiger partial charge >= 0.3 is 0 Å². The van der Waals surface area contributed by atoms with Gasteiger partial charge in [-0.25, -0.2) is 0 Å². The number of fused-ring (bicyclic) bond motifs is 1. The minimum atomic E-state index is -0.598. The third-order valence-corrected chi connectivity index (χ3v) is 4.03. The zero-order valence-electron chi connectivity index (χ0n) is 10.5. The van der Waals surface area contributed by atoms with E-state index in [1.54, 1.807) is 0 Å². The van der Waals surface area contributed by atoms with Crippen LogP contribution >= 0.6 is 0 Å². The van der Waals surface area contributed by atoms with Gasteiger partial charge in [0, 0.05) is 23.9 Å². The summed E-state index contributed by atoms with van der Waals surface area (Å²) >= 11 is 0. The van der Waals surface area contributed by atoms with E-state index in [4.69, 9.17) is 4.74 Å². The van der Waals surface area contributed by atoms with Crippen LogP contribution in [-0.4, -0.2) is 35.4 Å². The van der Waals surface area contributed by atoms with Gasteiger partial charge in [0.15, 0.2) is 0 Å². The lowest BCUT2D eigenvalue weighted by atomic mass is 9.90. The van der Waals surface area contributed by atoms with Gasteiger partial charge in [0.2, 0.25) is 6.54 Å². The second-order valence-corrected chi connectivity index (χ2v) is 5.26. The van der Waals surface area contributed by atoms with Crippen LogP contribution < -0.4 is 0 Å². The summed E-state index contributed by atoms with van der Waals surface area (Å²) in [4.78, 5) is 10.4. The number of nitro groups is 1.